The van der Waals surface area contributed by atoms with Gasteiger partial charge in [0.1, 0.15) is 17.0 Å². The summed E-state index contributed by atoms with van der Waals surface area (Å²) in [5.74, 6) is -0.707. The van der Waals surface area contributed by atoms with Gasteiger partial charge in [-0.2, -0.15) is 0 Å². The topological polar surface area (TPSA) is 108 Å². The zero-order valence-electron chi connectivity index (χ0n) is 13.6. The minimum absolute atomic E-state index is 0.115. The van der Waals surface area contributed by atoms with Gasteiger partial charge >= 0.3 is 5.69 Å². The molecule has 7 nitrogen and oxygen atoms in total. The molecule has 1 heterocycles. The number of H-pyrrole nitrogens is 1. The van der Waals surface area contributed by atoms with Crippen molar-refractivity contribution in [2.24, 2.45) is 4.99 Å². The standard InChI is InChI=1S/C18H14ClN3O4/c1-10-2-5-12(6-3-10)22-17(25)13(16(24)21-18(22)26)9-20-14-8-11(19)4-7-15(14)23/h2-9,23,25H,1H3,(H,21,24,26). The Labute approximate surface area is 152 Å². The molecule has 2 aromatic carbocycles. The van der Waals surface area contributed by atoms with Gasteiger partial charge in [0.15, 0.2) is 0 Å². The fourth-order valence-corrected chi connectivity index (χ4v) is 2.49. The van der Waals surface area contributed by atoms with Crippen LogP contribution in [0.25, 0.3) is 5.69 Å². The number of rotatable bonds is 3. The fraction of sp³-hybridized carbons (Fsp3) is 0.0556. The van der Waals surface area contributed by atoms with Gasteiger partial charge in [0.25, 0.3) is 5.56 Å². The summed E-state index contributed by atoms with van der Waals surface area (Å²) in [6.45, 7) is 1.88. The maximum absolute atomic E-state index is 12.1. The minimum atomic E-state index is -0.805. The molecule has 1 aromatic heterocycles. The van der Waals surface area contributed by atoms with Crippen molar-refractivity contribution in [3.8, 4) is 17.3 Å². The molecule has 0 aliphatic heterocycles. The molecule has 0 saturated heterocycles. The van der Waals surface area contributed by atoms with E-state index in [0.717, 1.165) is 16.3 Å². The molecule has 0 spiro atoms. The minimum Gasteiger partial charge on any atom is -0.506 e. The van der Waals surface area contributed by atoms with Crippen molar-refractivity contribution in [2.45, 2.75) is 6.92 Å². The summed E-state index contributed by atoms with van der Waals surface area (Å²) >= 11 is 5.85. The van der Waals surface area contributed by atoms with E-state index in [1.165, 1.54) is 18.2 Å². The number of hydrogen-bond acceptors (Lipinski definition) is 5. The van der Waals surface area contributed by atoms with Gasteiger partial charge in [0.05, 0.1) is 5.69 Å². The third-order valence-corrected chi connectivity index (χ3v) is 3.92. The number of benzene rings is 2. The maximum Gasteiger partial charge on any atom is 0.335 e. The number of aryl methyl sites for hydroxylation is 1. The number of phenolic OH excluding ortho intramolecular Hbond substituents is 1. The highest BCUT2D eigenvalue weighted by molar-refractivity contribution is 6.30. The van der Waals surface area contributed by atoms with Crippen LogP contribution < -0.4 is 11.2 Å². The Morgan fingerprint density at radius 2 is 1.81 bits per heavy atom. The van der Waals surface area contributed by atoms with Crippen molar-refractivity contribution in [3.05, 3.63) is 79.5 Å². The molecule has 3 aromatic rings. The van der Waals surface area contributed by atoms with Crippen molar-refractivity contribution in [1.29, 1.82) is 0 Å². The third kappa shape index (κ3) is 3.38. The first-order chi connectivity index (χ1) is 12.4. The van der Waals surface area contributed by atoms with E-state index in [2.05, 4.69) is 9.98 Å². The Bertz CT molecular complexity index is 1110. The summed E-state index contributed by atoms with van der Waals surface area (Å²) in [7, 11) is 0. The number of nitrogens with zero attached hydrogens (tertiary/aromatic N) is 2. The molecule has 3 N–H and O–H groups in total. The molecule has 0 radical (unpaired) electrons. The highest BCUT2D eigenvalue weighted by Crippen LogP contribution is 2.29. The van der Waals surface area contributed by atoms with Crippen molar-refractivity contribution in [2.75, 3.05) is 0 Å². The second-order valence-electron chi connectivity index (χ2n) is 5.56. The molecule has 0 atom stereocenters. The zero-order chi connectivity index (χ0) is 18.8. The highest BCUT2D eigenvalue weighted by atomic mass is 35.5. The van der Waals surface area contributed by atoms with Crippen LogP contribution in [-0.2, 0) is 0 Å². The summed E-state index contributed by atoms with van der Waals surface area (Å²) in [4.78, 5) is 30.3. The number of halogens is 1. The summed E-state index contributed by atoms with van der Waals surface area (Å²) in [6, 6.07) is 11.0. The Kier molecular flexibility index (Phi) is 4.64. The van der Waals surface area contributed by atoms with E-state index in [-0.39, 0.29) is 17.0 Å². The highest BCUT2D eigenvalue weighted by Gasteiger charge is 2.14. The van der Waals surface area contributed by atoms with Gasteiger partial charge in [-0.05, 0) is 37.3 Å². The number of nitrogens with one attached hydrogen (secondary N) is 1. The summed E-state index contributed by atoms with van der Waals surface area (Å²) < 4.78 is 0.958. The molecule has 8 heteroatoms. The molecule has 0 aliphatic carbocycles. The van der Waals surface area contributed by atoms with Crippen LogP contribution in [0.2, 0.25) is 5.02 Å². The van der Waals surface area contributed by atoms with Crippen LogP contribution in [0.1, 0.15) is 11.1 Å². The van der Waals surface area contributed by atoms with Gasteiger partial charge in [-0.15, -0.1) is 0 Å². The van der Waals surface area contributed by atoms with Gasteiger partial charge in [0.2, 0.25) is 5.88 Å². The molecule has 0 saturated carbocycles. The molecule has 132 valence electrons. The van der Waals surface area contributed by atoms with Crippen LogP contribution in [0.3, 0.4) is 0 Å². The van der Waals surface area contributed by atoms with Gasteiger partial charge < -0.3 is 10.2 Å². The molecule has 0 fully saturated rings. The first kappa shape index (κ1) is 17.5. The van der Waals surface area contributed by atoms with Crippen LogP contribution in [0.15, 0.2) is 57.0 Å². The fourth-order valence-electron chi connectivity index (χ4n) is 2.32. The second-order valence-corrected chi connectivity index (χ2v) is 6.00. The lowest BCUT2D eigenvalue weighted by Crippen LogP contribution is -2.31. The lowest BCUT2D eigenvalue weighted by molar-refractivity contribution is 0.430. The van der Waals surface area contributed by atoms with Gasteiger partial charge in [-0.25, -0.2) is 9.36 Å². The van der Waals surface area contributed by atoms with Crippen LogP contribution in [-0.4, -0.2) is 26.0 Å². The molecule has 0 aliphatic rings. The Hall–Kier alpha value is -3.32. The summed E-state index contributed by atoms with van der Waals surface area (Å²) in [5.41, 5.74) is -0.340. The number of hydrogen-bond donors (Lipinski definition) is 3. The Morgan fingerprint density at radius 1 is 1.12 bits per heavy atom. The van der Waals surface area contributed by atoms with E-state index >= 15 is 0 Å². The van der Waals surface area contributed by atoms with E-state index in [1.54, 1.807) is 24.3 Å². The average Bonchev–Trinajstić information content (AvgIpc) is 2.59. The van der Waals surface area contributed by atoms with Crippen LogP contribution >= 0.6 is 11.6 Å². The van der Waals surface area contributed by atoms with E-state index in [4.69, 9.17) is 11.6 Å². The molecule has 3 rings (SSSR count). The largest absolute Gasteiger partial charge is 0.506 e. The van der Waals surface area contributed by atoms with Crippen molar-refractivity contribution in [1.82, 2.24) is 9.55 Å². The normalized spacial score (nSPS) is 11.2. The molecular formula is C18H14ClN3O4. The smallest absolute Gasteiger partial charge is 0.335 e. The predicted octanol–water partition coefficient (Wildman–Crippen LogP) is 2.65. The predicted molar refractivity (Wildman–Crippen MR) is 99.4 cm³/mol. The quantitative estimate of drug-likeness (QED) is 0.615. The number of phenols is 1. The van der Waals surface area contributed by atoms with Crippen LogP contribution in [0.5, 0.6) is 11.6 Å². The van der Waals surface area contributed by atoms with Crippen LogP contribution in [0, 0.1) is 6.92 Å². The molecular weight excluding hydrogens is 358 g/mol. The average molecular weight is 372 g/mol. The van der Waals surface area contributed by atoms with Gasteiger partial charge in [0, 0.05) is 11.2 Å². The number of aromatic nitrogens is 2. The SMILES string of the molecule is Cc1ccc(-n2c(O)c(C=Nc3cc(Cl)ccc3O)c(=O)[nH]c2=O)cc1. The molecule has 0 amide bonds. The first-order valence-electron chi connectivity index (χ1n) is 7.55. The van der Waals surface area contributed by atoms with Crippen LogP contribution in [0.4, 0.5) is 5.69 Å². The van der Waals surface area contributed by atoms with Gasteiger partial charge in [-0.1, -0.05) is 29.3 Å². The lowest BCUT2D eigenvalue weighted by Gasteiger charge is -2.09. The summed E-state index contributed by atoms with van der Waals surface area (Å²) in [6.07, 6.45) is 1.06. The van der Waals surface area contributed by atoms with Gasteiger partial charge in [-0.3, -0.25) is 14.8 Å². The van der Waals surface area contributed by atoms with Crippen molar-refractivity contribution >= 4 is 23.5 Å². The Morgan fingerprint density at radius 3 is 2.50 bits per heavy atom. The van der Waals surface area contributed by atoms with Crippen molar-refractivity contribution in [3.63, 3.8) is 0 Å². The number of aromatic amines is 1. The molecule has 26 heavy (non-hydrogen) atoms. The Balaban J connectivity index is 2.14. The van der Waals surface area contributed by atoms with E-state index in [1.807, 2.05) is 6.92 Å². The lowest BCUT2D eigenvalue weighted by atomic mass is 10.2. The number of aromatic hydroxyl groups is 2. The second kappa shape index (κ2) is 6.89. The zero-order valence-corrected chi connectivity index (χ0v) is 14.4. The monoisotopic (exact) mass is 371 g/mol. The van der Waals surface area contributed by atoms with E-state index in [9.17, 15) is 19.8 Å². The molecule has 0 bridgehead atoms. The maximum atomic E-state index is 12.1. The first-order valence-corrected chi connectivity index (χ1v) is 7.92. The van der Waals surface area contributed by atoms with E-state index in [0.29, 0.717) is 10.7 Å². The summed E-state index contributed by atoms with van der Waals surface area (Å²) in [5, 5.41) is 20.6. The molecule has 0 unspecified atom stereocenters. The van der Waals surface area contributed by atoms with E-state index < -0.39 is 17.1 Å². The number of aliphatic imine (C=N–C) groups is 1. The third-order valence-electron chi connectivity index (χ3n) is 3.68. The van der Waals surface area contributed by atoms with Crippen molar-refractivity contribution < 1.29 is 10.2 Å².